The van der Waals surface area contributed by atoms with Crippen molar-refractivity contribution in [1.82, 2.24) is 29.5 Å². The van der Waals surface area contributed by atoms with Crippen molar-refractivity contribution in [3.63, 3.8) is 0 Å². The SMILES string of the molecule is CC1(C)c2cc(N(c3ccccc3)c3ccc(-c4ccccc4)cc3)ccc2-c2ccc(-n3c4ccccc4c4ccccc43)cc21.[AlH][O]c1cccc2cccnc12.c1ccc(-c2ccc(N(c3ccccc3)c3ccc(-c4ccc(N(c5ccccc5)c5ccc(-c6ccccc6)cc5)cc4)cc3)cc2)cc1.c1cnc2c(c1)ccc1ccc(-c3ccc(-c4ccc(-c5ccc6ccc7cccnc7c6n5)cc4)cc3)nc12. The van der Waals surface area contributed by atoms with Crippen molar-refractivity contribution in [2.45, 2.75) is 19.3 Å². The molecule has 11 heteroatoms. The van der Waals surface area contributed by atoms with Crippen LogP contribution in [0.5, 0.6) is 5.75 Å². The molecular formula is C138H99AlN9O. The molecule has 149 heavy (non-hydrogen) atoms. The van der Waals surface area contributed by atoms with E-state index in [4.69, 9.17) is 13.8 Å². The van der Waals surface area contributed by atoms with Gasteiger partial charge in [-0.2, -0.15) is 0 Å². The molecule has 0 aliphatic heterocycles. The monoisotopic (exact) mass is 1920 g/mol. The molecule has 10 nitrogen and oxygen atoms in total. The Morgan fingerprint density at radius 1 is 0.215 bits per heavy atom. The van der Waals surface area contributed by atoms with Crippen molar-refractivity contribution in [1.29, 1.82) is 0 Å². The Kier molecular flexibility index (Phi) is 25.7. The number of hydrogen-bond donors (Lipinski definition) is 0. The maximum atomic E-state index is 5.19. The number of rotatable bonds is 18. The van der Waals surface area contributed by atoms with Gasteiger partial charge in [-0.25, -0.2) is 9.97 Å². The molecule has 1 aliphatic rings. The zero-order chi connectivity index (χ0) is 99.9. The van der Waals surface area contributed by atoms with Gasteiger partial charge in [0.15, 0.2) is 0 Å². The van der Waals surface area contributed by atoms with E-state index < -0.39 is 0 Å². The second kappa shape index (κ2) is 41.4. The molecule has 0 fully saturated rings. The number of hydrogen-bond acceptors (Lipinski definition) is 9. The highest BCUT2D eigenvalue weighted by Crippen LogP contribution is 2.53. The molecule has 0 saturated heterocycles. The number of pyridine rings is 5. The normalized spacial score (nSPS) is 11.6. The first-order valence-corrected chi connectivity index (χ1v) is 50.9. The van der Waals surface area contributed by atoms with E-state index in [1.54, 1.807) is 6.20 Å². The highest BCUT2D eigenvalue weighted by Gasteiger charge is 2.37. The lowest BCUT2D eigenvalue weighted by molar-refractivity contribution is 0.622. The van der Waals surface area contributed by atoms with Gasteiger partial charge in [-0.15, -0.1) is 0 Å². The molecule has 20 aromatic carbocycles. The fourth-order valence-corrected chi connectivity index (χ4v) is 21.0. The van der Waals surface area contributed by atoms with Crippen LogP contribution >= 0.6 is 0 Å². The second-order valence-corrected chi connectivity index (χ2v) is 38.0. The summed E-state index contributed by atoms with van der Waals surface area (Å²) < 4.78 is 7.62. The van der Waals surface area contributed by atoms with Gasteiger partial charge in [-0.05, 0) is 248 Å². The molecule has 0 atom stereocenters. The number of para-hydroxylation sites is 6. The third-order valence-corrected chi connectivity index (χ3v) is 28.7. The molecule has 26 aromatic rings. The summed E-state index contributed by atoms with van der Waals surface area (Å²) in [7, 11) is 0. The van der Waals surface area contributed by atoms with E-state index in [0.717, 1.165) is 145 Å². The van der Waals surface area contributed by atoms with Crippen molar-refractivity contribution in [3.05, 3.63) is 570 Å². The summed E-state index contributed by atoms with van der Waals surface area (Å²) in [6, 6.07) is 191. The average molecular weight is 1930 g/mol. The molecule has 0 spiro atoms. The van der Waals surface area contributed by atoms with E-state index >= 15 is 0 Å². The Morgan fingerprint density at radius 2 is 0.483 bits per heavy atom. The fraction of sp³-hybridized carbons (Fsp3) is 0.0217. The van der Waals surface area contributed by atoms with Crippen LogP contribution in [0.2, 0.25) is 0 Å². The smallest absolute Gasteiger partial charge is 0.494 e. The molecule has 0 amide bonds. The fourth-order valence-electron chi connectivity index (χ4n) is 20.8. The van der Waals surface area contributed by atoms with E-state index in [0.29, 0.717) is 0 Å². The molecule has 1 aliphatic carbocycles. The van der Waals surface area contributed by atoms with Crippen molar-refractivity contribution in [2.75, 3.05) is 14.7 Å². The van der Waals surface area contributed by atoms with Gasteiger partial charge in [0.2, 0.25) is 0 Å². The van der Waals surface area contributed by atoms with Gasteiger partial charge >= 0.3 is 16.6 Å². The van der Waals surface area contributed by atoms with Crippen molar-refractivity contribution >= 4 is 144 Å². The van der Waals surface area contributed by atoms with Crippen LogP contribution in [-0.4, -0.2) is 46.1 Å². The van der Waals surface area contributed by atoms with E-state index in [1.807, 2.05) is 54.9 Å². The number of nitrogens with zero attached hydrogens (tertiary/aromatic N) is 9. The van der Waals surface area contributed by atoms with Crippen molar-refractivity contribution in [3.8, 4) is 101 Å². The zero-order valence-electron chi connectivity index (χ0n) is 82.3. The number of fused-ring (bicyclic) bond motifs is 13. The number of benzene rings is 20. The van der Waals surface area contributed by atoms with Gasteiger partial charge < -0.3 is 23.1 Å². The summed E-state index contributed by atoms with van der Waals surface area (Å²) in [4.78, 5) is 30.4. The summed E-state index contributed by atoms with van der Waals surface area (Å²) in [6.45, 7) is 4.75. The van der Waals surface area contributed by atoms with Gasteiger partial charge in [0.05, 0.1) is 44.5 Å². The Balaban J connectivity index is 0.000000113. The van der Waals surface area contributed by atoms with E-state index in [1.165, 1.54) is 111 Å². The maximum absolute atomic E-state index is 5.19. The molecule has 27 rings (SSSR count). The zero-order valence-corrected chi connectivity index (χ0v) is 83.7. The van der Waals surface area contributed by atoms with Gasteiger partial charge in [-0.3, -0.25) is 15.0 Å². The summed E-state index contributed by atoms with van der Waals surface area (Å²) in [6.07, 6.45) is 5.42. The van der Waals surface area contributed by atoms with Crippen LogP contribution in [0, 0.1) is 0 Å². The highest BCUT2D eigenvalue weighted by molar-refractivity contribution is 6.10. The number of anilines is 9. The first kappa shape index (κ1) is 92.4. The molecule has 0 bridgehead atoms. The molecule has 0 unspecified atom stereocenters. The Morgan fingerprint density at radius 3 is 0.852 bits per heavy atom. The van der Waals surface area contributed by atoms with Gasteiger partial charge in [0.1, 0.15) is 11.3 Å². The van der Waals surface area contributed by atoms with Gasteiger partial charge in [0, 0.05) is 130 Å². The third kappa shape index (κ3) is 18.9. The summed E-state index contributed by atoms with van der Waals surface area (Å²) in [5.41, 5.74) is 39.6. The molecule has 6 heterocycles. The van der Waals surface area contributed by atoms with Crippen LogP contribution in [-0.2, 0) is 5.41 Å². The minimum atomic E-state index is -0.172. The van der Waals surface area contributed by atoms with Crippen LogP contribution in [0.3, 0.4) is 0 Å². The molecule has 705 valence electrons. The predicted molar refractivity (Wildman–Crippen MR) is 624 cm³/mol. The lowest BCUT2D eigenvalue weighted by Gasteiger charge is -2.28. The largest absolute Gasteiger partial charge is 0.649 e. The van der Waals surface area contributed by atoms with E-state index in [9.17, 15) is 0 Å². The average Bonchev–Trinajstić information content (AvgIpc) is 1.56. The topological polar surface area (TPSA) is 88.3 Å². The maximum Gasteiger partial charge on any atom is 0.494 e. The van der Waals surface area contributed by atoms with Crippen LogP contribution in [0.4, 0.5) is 51.2 Å². The van der Waals surface area contributed by atoms with Gasteiger partial charge in [0.25, 0.3) is 0 Å². The minimum absolute atomic E-state index is 0.172. The summed E-state index contributed by atoms with van der Waals surface area (Å²) in [5, 5.41) is 8.07. The Labute approximate surface area is 875 Å². The highest BCUT2D eigenvalue weighted by atomic mass is 27.1. The van der Waals surface area contributed by atoms with Gasteiger partial charge in [-0.1, -0.05) is 384 Å². The lowest BCUT2D eigenvalue weighted by atomic mass is 9.82. The molecular weight excluding hydrogens is 1830 g/mol. The van der Waals surface area contributed by atoms with Crippen LogP contribution in [0.1, 0.15) is 25.0 Å². The second-order valence-electron chi connectivity index (χ2n) is 37.7. The van der Waals surface area contributed by atoms with E-state index in [-0.39, 0.29) is 5.41 Å². The standard InChI is InChI=1S/C48H36N2.C45H34N2.C36H22N4.C9H7NO.Al.H/c1-5-13-37(14-6-1)39-21-29-45(30-22-39)49(43-17-9-3-10-18-43)47-33-25-41(26-34-47)42-27-35-48(36-28-42)50(44-19-11-4-12-20-44)46-31-23-40(24-32-46)38-15-7-2-8-16-38;1-45(2)41-29-35(46(33-15-7-4-8-16-33)34-23-21-32(22-24-34)31-13-5-3-6-14-31)25-27-37(41)38-28-26-36(30-42(38)45)47-43-19-11-9-17-39(43)40-18-10-12-20-44(40)47;1-3-27-13-15-29-17-19-31(39-35(29)33(27)37-21-1)25-9-5-23(6-10-25)24-7-11-26(12-8-24)32-20-18-30-16-14-28-4-2-22-38-34(28)36(30)40-32;11-8-5-1-3-7-4-2-6-10-9(7)8;;/h1-36H;3-30H,1-2H3;1-22H;1-6,11H;;/q;;;;+1;/p-1. The lowest BCUT2D eigenvalue weighted by Crippen LogP contribution is -2.17. The molecule has 6 aromatic heterocycles. The minimum Gasteiger partial charge on any atom is -0.649 e. The quantitative estimate of drug-likeness (QED) is 0.0616. The first-order valence-electron chi connectivity index (χ1n) is 50.4. The molecule has 0 N–H and O–H groups in total. The van der Waals surface area contributed by atoms with Crippen LogP contribution < -0.4 is 18.5 Å². The Hall–Kier alpha value is -19.0. The van der Waals surface area contributed by atoms with E-state index in [2.05, 4.69) is 546 Å². The molecule has 0 saturated carbocycles. The molecule has 1 radical (unpaired) electrons. The van der Waals surface area contributed by atoms with Crippen molar-refractivity contribution < 1.29 is 3.79 Å². The summed E-state index contributed by atoms with van der Waals surface area (Å²) >= 11 is 1.47. The third-order valence-electron chi connectivity index (χ3n) is 28.4. The van der Waals surface area contributed by atoms with Crippen LogP contribution in [0.15, 0.2) is 558 Å². The summed E-state index contributed by atoms with van der Waals surface area (Å²) in [5.74, 6) is 0.839. The van der Waals surface area contributed by atoms with Crippen molar-refractivity contribution in [2.24, 2.45) is 0 Å². The van der Waals surface area contributed by atoms with Crippen LogP contribution in [0.25, 0.3) is 171 Å². The predicted octanol–water partition coefficient (Wildman–Crippen LogP) is 36.2. The first-order chi connectivity index (χ1) is 73.6. The Bertz CT molecular complexity index is 8890. The number of aromatic nitrogens is 6.